The van der Waals surface area contributed by atoms with Crippen molar-refractivity contribution in [2.45, 2.75) is 13.3 Å². The van der Waals surface area contributed by atoms with Crippen LogP contribution in [0.1, 0.15) is 22.8 Å². The van der Waals surface area contributed by atoms with Gasteiger partial charge in [-0.05, 0) is 55.9 Å². The van der Waals surface area contributed by atoms with Gasteiger partial charge in [-0.25, -0.2) is 4.98 Å². The number of phenols is 1. The number of aromatic amines is 1. The van der Waals surface area contributed by atoms with Gasteiger partial charge in [0.2, 0.25) is 0 Å². The standard InChI is InChI=1S/C28H32N4O3/c1-6-18-13-19(14-23(26(18)33)28(34)32(4)12-11-31(2)3)20-15-22-24(17-30-27(22)29-16-20)21-9-7-8-10-25(21)35-5/h7-10,13-17,33H,6,11-12H2,1-5H3,(H,29,30). The number of ether oxygens (including phenoxy) is 1. The summed E-state index contributed by atoms with van der Waals surface area (Å²) in [6.07, 6.45) is 4.33. The fraction of sp³-hybridized carbons (Fsp3) is 0.286. The molecule has 4 rings (SSSR count). The number of para-hydroxylation sites is 1. The number of nitrogens with one attached hydrogen (secondary N) is 1. The Labute approximate surface area is 206 Å². The highest BCUT2D eigenvalue weighted by atomic mass is 16.5. The summed E-state index contributed by atoms with van der Waals surface area (Å²) in [5.41, 5.74) is 5.47. The molecule has 0 aliphatic carbocycles. The van der Waals surface area contributed by atoms with Crippen molar-refractivity contribution < 1.29 is 14.6 Å². The lowest BCUT2D eigenvalue weighted by Gasteiger charge is -2.21. The number of amides is 1. The average Bonchev–Trinajstić information content (AvgIpc) is 3.30. The number of aryl methyl sites for hydroxylation is 1. The van der Waals surface area contributed by atoms with Crippen LogP contribution in [0.15, 0.2) is 54.9 Å². The van der Waals surface area contributed by atoms with Gasteiger partial charge in [0.15, 0.2) is 0 Å². The molecule has 0 saturated heterocycles. The normalized spacial score (nSPS) is 11.3. The van der Waals surface area contributed by atoms with Gasteiger partial charge in [0.1, 0.15) is 17.1 Å². The maximum atomic E-state index is 13.2. The number of methoxy groups -OCH3 is 1. The van der Waals surface area contributed by atoms with Crippen LogP contribution in [0.5, 0.6) is 11.5 Å². The van der Waals surface area contributed by atoms with Crippen LogP contribution in [-0.2, 0) is 6.42 Å². The number of hydrogen-bond donors (Lipinski definition) is 2. The lowest BCUT2D eigenvalue weighted by atomic mass is 9.96. The number of carbonyl (C=O) groups is 1. The van der Waals surface area contributed by atoms with E-state index in [9.17, 15) is 9.90 Å². The summed E-state index contributed by atoms with van der Waals surface area (Å²) >= 11 is 0. The van der Waals surface area contributed by atoms with Crippen LogP contribution in [0.2, 0.25) is 0 Å². The molecule has 0 radical (unpaired) electrons. The van der Waals surface area contributed by atoms with Crippen LogP contribution >= 0.6 is 0 Å². The number of hydrogen-bond acceptors (Lipinski definition) is 5. The minimum atomic E-state index is -0.203. The van der Waals surface area contributed by atoms with Crippen LogP contribution in [0.25, 0.3) is 33.3 Å². The molecule has 4 aromatic rings. The predicted octanol–water partition coefficient (Wildman–Crippen LogP) is 4.81. The summed E-state index contributed by atoms with van der Waals surface area (Å²) in [4.78, 5) is 24.8. The van der Waals surface area contributed by atoms with Crippen LogP contribution in [0, 0.1) is 0 Å². The molecule has 2 heterocycles. The van der Waals surface area contributed by atoms with Crippen molar-refractivity contribution in [1.29, 1.82) is 0 Å². The fourth-order valence-electron chi connectivity index (χ4n) is 4.20. The summed E-state index contributed by atoms with van der Waals surface area (Å²) in [6.45, 7) is 3.27. The summed E-state index contributed by atoms with van der Waals surface area (Å²) in [6, 6.07) is 13.6. The summed E-state index contributed by atoms with van der Waals surface area (Å²) in [5, 5.41) is 11.8. The zero-order valence-electron chi connectivity index (χ0n) is 20.9. The lowest BCUT2D eigenvalue weighted by Crippen LogP contribution is -2.33. The quantitative estimate of drug-likeness (QED) is 0.385. The number of rotatable bonds is 8. The van der Waals surface area contributed by atoms with E-state index in [-0.39, 0.29) is 11.7 Å². The van der Waals surface area contributed by atoms with Crippen molar-refractivity contribution in [3.05, 3.63) is 66.0 Å². The smallest absolute Gasteiger partial charge is 0.257 e. The zero-order chi connectivity index (χ0) is 25.1. The molecule has 0 aliphatic rings. The van der Waals surface area contributed by atoms with E-state index < -0.39 is 0 Å². The first-order valence-corrected chi connectivity index (χ1v) is 11.7. The molecule has 7 heteroatoms. The molecule has 7 nitrogen and oxygen atoms in total. The van der Waals surface area contributed by atoms with Gasteiger partial charge in [-0.15, -0.1) is 0 Å². The molecule has 0 spiro atoms. The van der Waals surface area contributed by atoms with Gasteiger partial charge in [0, 0.05) is 54.6 Å². The molecule has 35 heavy (non-hydrogen) atoms. The molecule has 0 fully saturated rings. The highest BCUT2D eigenvalue weighted by Gasteiger charge is 2.20. The van der Waals surface area contributed by atoms with Crippen LogP contribution in [0.4, 0.5) is 0 Å². The number of aromatic nitrogens is 2. The van der Waals surface area contributed by atoms with Crippen molar-refractivity contribution in [2.75, 3.05) is 41.3 Å². The van der Waals surface area contributed by atoms with Gasteiger partial charge in [0.05, 0.1) is 12.7 Å². The molecule has 0 bridgehead atoms. The SMILES string of the molecule is CCc1cc(-c2cnc3[nH]cc(-c4ccccc4OC)c3c2)cc(C(=O)N(C)CCN(C)C)c1O. The number of aromatic hydroxyl groups is 1. The van der Waals surface area contributed by atoms with Crippen LogP contribution < -0.4 is 4.74 Å². The average molecular weight is 473 g/mol. The van der Waals surface area contributed by atoms with Crippen molar-refractivity contribution in [2.24, 2.45) is 0 Å². The molecule has 2 aromatic carbocycles. The topological polar surface area (TPSA) is 81.7 Å². The van der Waals surface area contributed by atoms with E-state index >= 15 is 0 Å². The highest BCUT2D eigenvalue weighted by Crippen LogP contribution is 2.37. The van der Waals surface area contributed by atoms with Gasteiger partial charge in [-0.1, -0.05) is 25.1 Å². The second-order valence-electron chi connectivity index (χ2n) is 8.94. The van der Waals surface area contributed by atoms with Crippen molar-refractivity contribution in [1.82, 2.24) is 19.8 Å². The number of likely N-dealkylation sites (N-methyl/N-ethyl adjacent to an activating group) is 2. The molecule has 0 atom stereocenters. The molecule has 2 N–H and O–H groups in total. The molecule has 0 unspecified atom stereocenters. The number of fused-ring (bicyclic) bond motifs is 1. The first-order chi connectivity index (χ1) is 16.8. The Kier molecular flexibility index (Phi) is 7.07. The second kappa shape index (κ2) is 10.2. The monoisotopic (exact) mass is 472 g/mol. The third kappa shape index (κ3) is 4.86. The van der Waals surface area contributed by atoms with Gasteiger partial charge >= 0.3 is 0 Å². The van der Waals surface area contributed by atoms with Gasteiger partial charge < -0.3 is 24.6 Å². The van der Waals surface area contributed by atoms with Gasteiger partial charge in [-0.3, -0.25) is 4.79 Å². The van der Waals surface area contributed by atoms with Crippen LogP contribution in [-0.4, -0.2) is 72.1 Å². The molecule has 2 aromatic heterocycles. The maximum Gasteiger partial charge on any atom is 0.257 e. The van der Waals surface area contributed by atoms with Crippen molar-refractivity contribution in [3.8, 4) is 33.8 Å². The second-order valence-corrected chi connectivity index (χ2v) is 8.94. The summed E-state index contributed by atoms with van der Waals surface area (Å²) in [5.74, 6) is 0.625. The summed E-state index contributed by atoms with van der Waals surface area (Å²) < 4.78 is 5.57. The summed E-state index contributed by atoms with van der Waals surface area (Å²) in [7, 11) is 7.36. The minimum Gasteiger partial charge on any atom is -0.507 e. The first kappa shape index (κ1) is 24.3. The Balaban J connectivity index is 1.79. The van der Waals surface area contributed by atoms with E-state index in [1.807, 2.05) is 62.4 Å². The molecule has 182 valence electrons. The Hall–Kier alpha value is -3.84. The van der Waals surface area contributed by atoms with E-state index in [4.69, 9.17) is 4.74 Å². The predicted molar refractivity (Wildman–Crippen MR) is 140 cm³/mol. The first-order valence-electron chi connectivity index (χ1n) is 11.7. The van der Waals surface area contributed by atoms with E-state index in [2.05, 4.69) is 16.0 Å². The Morgan fingerprint density at radius 3 is 2.54 bits per heavy atom. The number of phenolic OH excluding ortho intramolecular Hbond substituents is 1. The number of pyridine rings is 1. The Bertz CT molecular complexity index is 1360. The van der Waals surface area contributed by atoms with E-state index in [0.717, 1.165) is 51.1 Å². The Morgan fingerprint density at radius 2 is 1.83 bits per heavy atom. The minimum absolute atomic E-state index is 0.0448. The van der Waals surface area contributed by atoms with E-state index in [1.54, 1.807) is 31.3 Å². The van der Waals surface area contributed by atoms with Gasteiger partial charge in [-0.2, -0.15) is 0 Å². The third-order valence-electron chi connectivity index (χ3n) is 6.29. The molecular weight excluding hydrogens is 440 g/mol. The fourth-order valence-corrected chi connectivity index (χ4v) is 4.20. The van der Waals surface area contributed by atoms with E-state index in [1.165, 1.54) is 0 Å². The molecular formula is C28H32N4O3. The highest BCUT2D eigenvalue weighted by molar-refractivity contribution is 6.00. The van der Waals surface area contributed by atoms with Crippen molar-refractivity contribution >= 4 is 16.9 Å². The number of nitrogens with zero attached hydrogens (tertiary/aromatic N) is 3. The number of benzene rings is 2. The zero-order valence-corrected chi connectivity index (χ0v) is 20.9. The molecule has 1 amide bonds. The molecule has 0 aliphatic heterocycles. The lowest BCUT2D eigenvalue weighted by molar-refractivity contribution is 0.0783. The maximum absolute atomic E-state index is 13.2. The van der Waals surface area contributed by atoms with Crippen LogP contribution in [0.3, 0.4) is 0 Å². The largest absolute Gasteiger partial charge is 0.507 e. The third-order valence-corrected chi connectivity index (χ3v) is 6.29. The Morgan fingerprint density at radius 1 is 1.06 bits per heavy atom. The molecule has 0 saturated carbocycles. The number of carbonyl (C=O) groups excluding carboxylic acids is 1. The van der Waals surface area contributed by atoms with E-state index in [0.29, 0.717) is 18.5 Å². The van der Waals surface area contributed by atoms with Crippen molar-refractivity contribution in [3.63, 3.8) is 0 Å². The number of H-pyrrole nitrogens is 1. The van der Waals surface area contributed by atoms with Gasteiger partial charge in [0.25, 0.3) is 5.91 Å².